The molecular formula is C19H26ClN3O3. The molecule has 2 aliphatic heterocycles. The number of halogens is 1. The molecule has 0 atom stereocenters. The highest BCUT2D eigenvalue weighted by Crippen LogP contribution is 2.41. The summed E-state index contributed by atoms with van der Waals surface area (Å²) >= 11 is 5.72. The first-order valence-electron chi connectivity index (χ1n) is 9.17. The quantitative estimate of drug-likeness (QED) is 0.737. The zero-order chi connectivity index (χ0) is 18.7. The number of carbonyl (C=O) groups is 2. The highest BCUT2D eigenvalue weighted by Gasteiger charge is 2.44. The van der Waals surface area contributed by atoms with Crippen LogP contribution in [0.25, 0.3) is 0 Å². The van der Waals surface area contributed by atoms with E-state index in [1.54, 1.807) is 6.07 Å². The molecule has 1 aromatic rings. The van der Waals surface area contributed by atoms with E-state index >= 15 is 0 Å². The van der Waals surface area contributed by atoms with E-state index in [1.807, 2.05) is 23.6 Å². The molecule has 0 bridgehead atoms. The minimum Gasteiger partial charge on any atom is -0.360 e. The molecule has 0 aromatic carbocycles. The van der Waals surface area contributed by atoms with Gasteiger partial charge in [0.05, 0.1) is 0 Å². The second kappa shape index (κ2) is 7.82. The second-order valence-electron chi connectivity index (χ2n) is 7.73. The lowest BCUT2D eigenvalue weighted by Gasteiger charge is -2.38. The average Bonchev–Trinajstić information content (AvgIpc) is 3.15. The smallest absolute Gasteiger partial charge is 0.223 e. The third-order valence-corrected chi connectivity index (χ3v) is 5.60. The van der Waals surface area contributed by atoms with Crippen LogP contribution in [0, 0.1) is 5.41 Å². The summed E-state index contributed by atoms with van der Waals surface area (Å²) in [5.41, 5.74) is 1.27. The predicted molar refractivity (Wildman–Crippen MR) is 98.7 cm³/mol. The molecule has 7 heteroatoms. The molecule has 0 saturated carbocycles. The standard InChI is InChI=1S/C19H26ClN3O3/c1-14(2)5-8-23-13-19(12-18(23)25)6-9-22(10-7-19)17(24)4-3-15-11-16(20)21-26-15/h5,11H,3-4,6-10,12-13H2,1-2H3. The Bertz CT molecular complexity index is 701. The summed E-state index contributed by atoms with van der Waals surface area (Å²) in [6.45, 7) is 7.05. The van der Waals surface area contributed by atoms with Crippen LogP contribution in [-0.2, 0) is 16.0 Å². The minimum absolute atomic E-state index is 0.0435. The average molecular weight is 380 g/mol. The van der Waals surface area contributed by atoms with Gasteiger partial charge >= 0.3 is 0 Å². The molecule has 2 saturated heterocycles. The Morgan fingerprint density at radius 3 is 2.73 bits per heavy atom. The number of piperidine rings is 1. The van der Waals surface area contributed by atoms with Gasteiger partial charge in [-0.2, -0.15) is 0 Å². The van der Waals surface area contributed by atoms with Crippen LogP contribution in [0.5, 0.6) is 0 Å². The largest absolute Gasteiger partial charge is 0.360 e. The van der Waals surface area contributed by atoms with Gasteiger partial charge in [-0.3, -0.25) is 9.59 Å². The summed E-state index contributed by atoms with van der Waals surface area (Å²) in [5, 5.41) is 3.94. The molecule has 2 amide bonds. The summed E-state index contributed by atoms with van der Waals surface area (Å²) < 4.78 is 5.04. The highest BCUT2D eigenvalue weighted by atomic mass is 35.5. The normalized spacial score (nSPS) is 19.3. The fourth-order valence-corrected chi connectivity index (χ4v) is 3.96. The van der Waals surface area contributed by atoms with Crippen LogP contribution in [0.3, 0.4) is 0 Å². The fraction of sp³-hybridized carbons (Fsp3) is 0.632. The lowest BCUT2D eigenvalue weighted by Crippen LogP contribution is -2.44. The van der Waals surface area contributed by atoms with Crippen molar-refractivity contribution in [2.45, 2.75) is 46.0 Å². The molecule has 3 rings (SSSR count). The highest BCUT2D eigenvalue weighted by molar-refractivity contribution is 6.29. The maximum absolute atomic E-state index is 12.4. The van der Waals surface area contributed by atoms with Gasteiger partial charge in [0.15, 0.2) is 5.15 Å². The number of hydrogen-bond donors (Lipinski definition) is 0. The Labute approximate surface area is 159 Å². The predicted octanol–water partition coefficient (Wildman–Crippen LogP) is 3.07. The van der Waals surface area contributed by atoms with Crippen LogP contribution in [0.2, 0.25) is 5.15 Å². The molecule has 0 N–H and O–H groups in total. The van der Waals surface area contributed by atoms with Crippen molar-refractivity contribution in [3.63, 3.8) is 0 Å². The van der Waals surface area contributed by atoms with E-state index in [-0.39, 0.29) is 17.2 Å². The van der Waals surface area contributed by atoms with Gasteiger partial charge in [0.2, 0.25) is 11.8 Å². The van der Waals surface area contributed by atoms with Crippen LogP contribution in [0.1, 0.15) is 45.3 Å². The van der Waals surface area contributed by atoms with Crippen molar-refractivity contribution in [2.24, 2.45) is 5.41 Å². The van der Waals surface area contributed by atoms with E-state index < -0.39 is 0 Å². The molecule has 3 heterocycles. The molecule has 2 aliphatic rings. The van der Waals surface area contributed by atoms with Crippen molar-refractivity contribution in [3.8, 4) is 0 Å². The fourth-order valence-electron chi connectivity index (χ4n) is 3.80. The molecule has 1 aromatic heterocycles. The van der Waals surface area contributed by atoms with Crippen molar-refractivity contribution in [3.05, 3.63) is 28.6 Å². The van der Waals surface area contributed by atoms with E-state index in [0.29, 0.717) is 36.7 Å². The van der Waals surface area contributed by atoms with Crippen LogP contribution in [0.4, 0.5) is 0 Å². The SMILES string of the molecule is CC(C)=CCN1CC2(CCN(C(=O)CCc3cc(Cl)no3)CC2)CC1=O. The maximum atomic E-state index is 12.4. The number of rotatable bonds is 5. The Balaban J connectivity index is 1.48. The number of likely N-dealkylation sites (tertiary alicyclic amines) is 2. The van der Waals surface area contributed by atoms with Crippen LogP contribution >= 0.6 is 11.6 Å². The Hall–Kier alpha value is -1.82. The van der Waals surface area contributed by atoms with Crippen molar-refractivity contribution >= 4 is 23.4 Å². The molecule has 0 aliphatic carbocycles. The van der Waals surface area contributed by atoms with Crippen LogP contribution in [-0.4, -0.2) is 52.9 Å². The Morgan fingerprint density at radius 2 is 2.12 bits per heavy atom. The molecule has 6 nitrogen and oxygen atoms in total. The zero-order valence-corrected chi connectivity index (χ0v) is 16.2. The first kappa shape index (κ1) is 19.0. The molecule has 142 valence electrons. The lowest BCUT2D eigenvalue weighted by atomic mass is 9.77. The summed E-state index contributed by atoms with van der Waals surface area (Å²) in [6.07, 6.45) is 5.40. The van der Waals surface area contributed by atoms with Gasteiger partial charge in [0.25, 0.3) is 0 Å². The van der Waals surface area contributed by atoms with E-state index in [1.165, 1.54) is 5.57 Å². The third kappa shape index (κ3) is 4.47. The monoisotopic (exact) mass is 379 g/mol. The summed E-state index contributed by atoms with van der Waals surface area (Å²) in [4.78, 5) is 28.6. The molecule has 0 unspecified atom stereocenters. The number of aryl methyl sites for hydroxylation is 1. The Kier molecular flexibility index (Phi) is 5.70. The summed E-state index contributed by atoms with van der Waals surface area (Å²) in [7, 11) is 0. The number of aromatic nitrogens is 1. The van der Waals surface area contributed by atoms with Gasteiger partial charge in [0, 0.05) is 56.9 Å². The number of allylic oxidation sites excluding steroid dienone is 1. The van der Waals surface area contributed by atoms with Gasteiger partial charge in [-0.15, -0.1) is 0 Å². The number of hydrogen-bond acceptors (Lipinski definition) is 4. The van der Waals surface area contributed by atoms with Crippen molar-refractivity contribution < 1.29 is 14.1 Å². The first-order valence-corrected chi connectivity index (χ1v) is 9.55. The first-order chi connectivity index (χ1) is 12.4. The molecule has 26 heavy (non-hydrogen) atoms. The van der Waals surface area contributed by atoms with Gasteiger partial charge in [0.1, 0.15) is 5.76 Å². The van der Waals surface area contributed by atoms with Crippen molar-refractivity contribution in [1.29, 1.82) is 0 Å². The number of amides is 2. The topological polar surface area (TPSA) is 66.7 Å². The van der Waals surface area contributed by atoms with Crippen LogP contribution in [0.15, 0.2) is 22.2 Å². The number of carbonyl (C=O) groups excluding carboxylic acids is 2. The zero-order valence-electron chi connectivity index (χ0n) is 15.5. The molecule has 2 fully saturated rings. The van der Waals surface area contributed by atoms with E-state index in [0.717, 1.165) is 32.5 Å². The van der Waals surface area contributed by atoms with Gasteiger partial charge in [-0.1, -0.05) is 28.4 Å². The van der Waals surface area contributed by atoms with Crippen molar-refractivity contribution in [2.75, 3.05) is 26.2 Å². The third-order valence-electron chi connectivity index (χ3n) is 5.42. The second-order valence-corrected chi connectivity index (χ2v) is 8.12. The summed E-state index contributed by atoms with van der Waals surface area (Å²) in [6, 6.07) is 1.64. The van der Waals surface area contributed by atoms with Gasteiger partial charge < -0.3 is 14.3 Å². The van der Waals surface area contributed by atoms with E-state index in [2.05, 4.69) is 11.2 Å². The van der Waals surface area contributed by atoms with Gasteiger partial charge in [-0.25, -0.2) is 0 Å². The molecule has 0 radical (unpaired) electrons. The maximum Gasteiger partial charge on any atom is 0.223 e. The molecule has 1 spiro atoms. The number of nitrogens with zero attached hydrogens (tertiary/aromatic N) is 3. The Morgan fingerprint density at radius 1 is 1.38 bits per heavy atom. The van der Waals surface area contributed by atoms with Gasteiger partial charge in [-0.05, 0) is 26.7 Å². The van der Waals surface area contributed by atoms with Crippen molar-refractivity contribution in [1.82, 2.24) is 15.0 Å². The molecular weight excluding hydrogens is 354 g/mol. The van der Waals surface area contributed by atoms with E-state index in [4.69, 9.17) is 16.1 Å². The van der Waals surface area contributed by atoms with E-state index in [9.17, 15) is 9.59 Å². The van der Waals surface area contributed by atoms with Crippen LogP contribution < -0.4 is 0 Å². The lowest BCUT2D eigenvalue weighted by molar-refractivity contribution is -0.133. The minimum atomic E-state index is 0.0435. The summed E-state index contributed by atoms with van der Waals surface area (Å²) in [5.74, 6) is 0.996.